The second-order valence-electron chi connectivity index (χ2n) is 3.47. The smallest absolute Gasteiger partial charge is 0.434 e. The quantitative estimate of drug-likeness (QED) is 0.862. The second-order valence-corrected chi connectivity index (χ2v) is 3.47. The maximum Gasteiger partial charge on any atom is 0.434 e. The maximum absolute atomic E-state index is 12.3. The average Bonchev–Trinajstić information content (AvgIpc) is 2.24. The van der Waals surface area contributed by atoms with E-state index in [1.807, 2.05) is 0 Å². The van der Waals surface area contributed by atoms with Crippen LogP contribution in [0.15, 0.2) is 18.2 Å². The van der Waals surface area contributed by atoms with Crippen molar-refractivity contribution in [3.63, 3.8) is 0 Å². The van der Waals surface area contributed by atoms with Crippen molar-refractivity contribution in [3.8, 4) is 5.88 Å². The third-order valence-corrected chi connectivity index (χ3v) is 1.91. The van der Waals surface area contributed by atoms with Crippen molar-refractivity contribution in [3.05, 3.63) is 18.2 Å². The Labute approximate surface area is 104 Å². The lowest BCUT2D eigenvalue weighted by Crippen LogP contribution is -2.46. The van der Waals surface area contributed by atoms with E-state index in [1.54, 1.807) is 6.92 Å². The molecule has 0 aliphatic carbocycles. The van der Waals surface area contributed by atoms with Gasteiger partial charge in [-0.3, -0.25) is 0 Å². The number of rotatable bonds is 4. The molecule has 19 heavy (non-hydrogen) atoms. The second kappa shape index (κ2) is 5.54. The summed E-state index contributed by atoms with van der Waals surface area (Å²) in [5.41, 5.74) is 0. The first-order valence-corrected chi connectivity index (χ1v) is 5.15. The summed E-state index contributed by atoms with van der Waals surface area (Å²) in [5.74, 6) is -0.624. The maximum atomic E-state index is 12.3. The molecule has 1 aromatic heterocycles. The Balaban J connectivity index is 2.94. The van der Waals surface area contributed by atoms with Gasteiger partial charge in [0.2, 0.25) is 5.88 Å². The molecule has 1 rings (SSSR count). The molecule has 0 amide bonds. The average molecular weight is 288 g/mol. The molecule has 0 aromatic carbocycles. The first-order valence-electron chi connectivity index (χ1n) is 5.15. The van der Waals surface area contributed by atoms with Gasteiger partial charge in [0.25, 0.3) is 6.10 Å². The SMILES string of the molecule is CCNc1cccc(OC(C(F)(F)F)C(F)(F)F)n1. The lowest BCUT2D eigenvalue weighted by Gasteiger charge is -2.23. The number of pyridine rings is 1. The van der Waals surface area contributed by atoms with Gasteiger partial charge in [-0.2, -0.15) is 31.3 Å². The number of ether oxygens (including phenoxy) is 1. The van der Waals surface area contributed by atoms with E-state index in [2.05, 4.69) is 15.0 Å². The molecular weight excluding hydrogens is 278 g/mol. The molecule has 9 heteroatoms. The lowest BCUT2D eigenvalue weighted by molar-refractivity contribution is -0.300. The summed E-state index contributed by atoms with van der Waals surface area (Å²) >= 11 is 0. The number of nitrogens with zero attached hydrogens (tertiary/aromatic N) is 1. The first kappa shape index (κ1) is 15.4. The molecule has 0 unspecified atom stereocenters. The topological polar surface area (TPSA) is 34.1 Å². The summed E-state index contributed by atoms with van der Waals surface area (Å²) in [6.45, 7) is 2.11. The molecular formula is C10H10F6N2O. The van der Waals surface area contributed by atoms with Gasteiger partial charge in [0.15, 0.2) is 0 Å². The number of hydrogen-bond donors (Lipinski definition) is 1. The third kappa shape index (κ3) is 4.49. The van der Waals surface area contributed by atoms with Crippen molar-refractivity contribution in [1.82, 2.24) is 4.98 Å². The van der Waals surface area contributed by atoms with Crippen molar-refractivity contribution in [2.45, 2.75) is 25.4 Å². The van der Waals surface area contributed by atoms with Crippen LogP contribution < -0.4 is 10.1 Å². The van der Waals surface area contributed by atoms with Gasteiger partial charge in [-0.1, -0.05) is 6.07 Å². The van der Waals surface area contributed by atoms with Crippen LogP contribution in [0, 0.1) is 0 Å². The highest BCUT2D eigenvalue weighted by Gasteiger charge is 2.59. The molecule has 0 aliphatic heterocycles. The van der Waals surface area contributed by atoms with Crippen LogP contribution in [0.1, 0.15) is 6.92 Å². The molecule has 108 valence electrons. The Morgan fingerprint density at radius 3 is 2.21 bits per heavy atom. The fourth-order valence-electron chi connectivity index (χ4n) is 1.20. The molecule has 0 radical (unpaired) electrons. The molecule has 0 saturated heterocycles. The number of anilines is 1. The highest BCUT2D eigenvalue weighted by molar-refractivity contribution is 5.36. The van der Waals surface area contributed by atoms with E-state index >= 15 is 0 Å². The summed E-state index contributed by atoms with van der Waals surface area (Å²) < 4.78 is 77.5. The summed E-state index contributed by atoms with van der Waals surface area (Å²) in [5, 5.41) is 2.65. The van der Waals surface area contributed by atoms with Crippen molar-refractivity contribution in [2.75, 3.05) is 11.9 Å². The zero-order chi connectivity index (χ0) is 14.7. The van der Waals surface area contributed by atoms with Gasteiger partial charge in [-0.15, -0.1) is 0 Å². The predicted molar refractivity (Wildman–Crippen MR) is 54.9 cm³/mol. The highest BCUT2D eigenvalue weighted by Crippen LogP contribution is 2.36. The number of alkyl halides is 6. The molecule has 0 saturated carbocycles. The van der Waals surface area contributed by atoms with Gasteiger partial charge in [-0.05, 0) is 13.0 Å². The van der Waals surface area contributed by atoms with Crippen LogP contribution in [0.3, 0.4) is 0 Å². The molecule has 0 atom stereocenters. The summed E-state index contributed by atoms with van der Waals surface area (Å²) in [6.07, 6.45) is -15.0. The Hall–Kier alpha value is -1.67. The van der Waals surface area contributed by atoms with Gasteiger partial charge in [0.1, 0.15) is 5.82 Å². The summed E-state index contributed by atoms with van der Waals surface area (Å²) in [7, 11) is 0. The number of nitrogens with one attached hydrogen (secondary N) is 1. The fourth-order valence-corrected chi connectivity index (χ4v) is 1.20. The largest absolute Gasteiger partial charge is 0.455 e. The standard InChI is InChI=1S/C10H10F6N2O/c1-2-17-6-4-3-5-7(18-6)19-8(9(11,12)13)10(14,15)16/h3-5,8H,2H2,1H3,(H,17,18). The summed E-state index contributed by atoms with van der Waals surface area (Å²) in [4.78, 5) is 3.50. The Kier molecular flexibility index (Phi) is 4.48. The Bertz CT molecular complexity index is 403. The van der Waals surface area contributed by atoms with Gasteiger partial charge in [0, 0.05) is 12.6 Å². The highest BCUT2D eigenvalue weighted by atomic mass is 19.4. The van der Waals surface area contributed by atoms with Crippen molar-refractivity contribution >= 4 is 5.82 Å². The van der Waals surface area contributed by atoms with Crippen LogP contribution >= 0.6 is 0 Å². The number of aromatic nitrogens is 1. The van der Waals surface area contributed by atoms with E-state index in [1.165, 1.54) is 12.1 Å². The monoisotopic (exact) mass is 288 g/mol. The molecule has 1 aromatic rings. The fraction of sp³-hybridized carbons (Fsp3) is 0.500. The molecule has 0 aliphatic rings. The van der Waals surface area contributed by atoms with Crippen LogP contribution in [-0.4, -0.2) is 30.0 Å². The normalized spacial score (nSPS) is 12.6. The Morgan fingerprint density at radius 2 is 1.74 bits per heavy atom. The molecule has 0 spiro atoms. The van der Waals surface area contributed by atoms with Crippen LogP contribution in [0.5, 0.6) is 5.88 Å². The van der Waals surface area contributed by atoms with Gasteiger partial charge in [-0.25, -0.2) is 0 Å². The van der Waals surface area contributed by atoms with Gasteiger partial charge < -0.3 is 10.1 Å². The van der Waals surface area contributed by atoms with E-state index < -0.39 is 24.3 Å². The van der Waals surface area contributed by atoms with Crippen LogP contribution in [-0.2, 0) is 0 Å². The summed E-state index contributed by atoms with van der Waals surface area (Å²) in [6, 6.07) is 3.56. The van der Waals surface area contributed by atoms with Crippen LogP contribution in [0.2, 0.25) is 0 Å². The molecule has 0 fully saturated rings. The minimum atomic E-state index is -5.56. The van der Waals surface area contributed by atoms with E-state index in [0.29, 0.717) is 6.54 Å². The number of halogens is 6. The lowest BCUT2D eigenvalue weighted by atomic mass is 10.3. The minimum Gasteiger partial charge on any atom is -0.455 e. The molecule has 0 bridgehead atoms. The van der Waals surface area contributed by atoms with Crippen molar-refractivity contribution in [2.24, 2.45) is 0 Å². The minimum absolute atomic E-state index is 0.128. The van der Waals surface area contributed by atoms with Gasteiger partial charge >= 0.3 is 12.4 Å². The van der Waals surface area contributed by atoms with E-state index in [-0.39, 0.29) is 5.82 Å². The third-order valence-electron chi connectivity index (χ3n) is 1.91. The zero-order valence-electron chi connectivity index (χ0n) is 9.64. The molecule has 1 N–H and O–H groups in total. The van der Waals surface area contributed by atoms with Crippen LogP contribution in [0.25, 0.3) is 0 Å². The van der Waals surface area contributed by atoms with E-state index in [0.717, 1.165) is 6.07 Å². The van der Waals surface area contributed by atoms with Gasteiger partial charge in [0.05, 0.1) is 0 Å². The Morgan fingerprint density at radius 1 is 1.16 bits per heavy atom. The molecule has 1 heterocycles. The zero-order valence-corrected chi connectivity index (χ0v) is 9.64. The van der Waals surface area contributed by atoms with E-state index in [4.69, 9.17) is 0 Å². The van der Waals surface area contributed by atoms with Crippen molar-refractivity contribution < 1.29 is 31.1 Å². The van der Waals surface area contributed by atoms with E-state index in [9.17, 15) is 26.3 Å². The first-order chi connectivity index (χ1) is 8.64. The van der Waals surface area contributed by atoms with Crippen molar-refractivity contribution in [1.29, 1.82) is 0 Å². The number of hydrogen-bond acceptors (Lipinski definition) is 3. The van der Waals surface area contributed by atoms with Crippen LogP contribution in [0.4, 0.5) is 32.2 Å². The predicted octanol–water partition coefficient (Wildman–Crippen LogP) is 3.39. The molecule has 3 nitrogen and oxygen atoms in total.